The molecule has 0 spiro atoms. The lowest BCUT2D eigenvalue weighted by Gasteiger charge is -2.10. The molecule has 0 unspecified atom stereocenters. The summed E-state index contributed by atoms with van der Waals surface area (Å²) in [6, 6.07) is 10.8. The second-order valence-corrected chi connectivity index (χ2v) is 8.41. The third-order valence-corrected chi connectivity index (χ3v) is 5.43. The molecule has 0 fully saturated rings. The van der Waals surface area contributed by atoms with E-state index >= 15 is 0 Å². The van der Waals surface area contributed by atoms with Crippen molar-refractivity contribution in [3.05, 3.63) is 54.5 Å². The number of anilines is 3. The number of aromatic amines is 1. The van der Waals surface area contributed by atoms with Gasteiger partial charge in [0.2, 0.25) is 5.95 Å². The number of sulfone groups is 1. The first-order chi connectivity index (χ1) is 13.8. The lowest BCUT2D eigenvalue weighted by atomic mass is 10.1. The number of halogens is 1. The van der Waals surface area contributed by atoms with Crippen LogP contribution >= 0.6 is 0 Å². The molecule has 3 N–H and O–H groups in total. The summed E-state index contributed by atoms with van der Waals surface area (Å²) in [6.45, 7) is 0. The summed E-state index contributed by atoms with van der Waals surface area (Å²) in [5, 5.41) is 13.7. The van der Waals surface area contributed by atoms with E-state index in [1.165, 1.54) is 24.3 Å². The standard InChI is InChI=1S/C19H17FN6O2S/c1-21-18-15(17-14-8-11(20)6-7-16(14)25-26-17)10-22-19(24-18)23-12-4-3-5-13(9-12)29(2,27)28/h3-10H,1-2H3,(H,25,26)(H2,21,22,23,24). The summed E-state index contributed by atoms with van der Waals surface area (Å²) < 4.78 is 37.2. The minimum Gasteiger partial charge on any atom is -0.372 e. The summed E-state index contributed by atoms with van der Waals surface area (Å²) in [6.07, 6.45) is 2.72. The largest absolute Gasteiger partial charge is 0.372 e. The molecule has 0 atom stereocenters. The molecular weight excluding hydrogens is 395 g/mol. The zero-order chi connectivity index (χ0) is 20.6. The molecule has 4 rings (SSSR count). The van der Waals surface area contributed by atoms with Gasteiger partial charge in [0.25, 0.3) is 0 Å². The molecule has 0 aliphatic rings. The summed E-state index contributed by atoms with van der Waals surface area (Å²) in [5.41, 5.74) is 2.35. The van der Waals surface area contributed by atoms with Crippen LogP contribution in [0.4, 0.5) is 21.8 Å². The Morgan fingerprint density at radius 3 is 2.72 bits per heavy atom. The molecule has 148 valence electrons. The van der Waals surface area contributed by atoms with E-state index in [9.17, 15) is 12.8 Å². The van der Waals surface area contributed by atoms with E-state index in [2.05, 4.69) is 30.8 Å². The highest BCUT2D eigenvalue weighted by Gasteiger charge is 2.15. The highest BCUT2D eigenvalue weighted by atomic mass is 32.2. The zero-order valence-corrected chi connectivity index (χ0v) is 16.4. The van der Waals surface area contributed by atoms with Gasteiger partial charge in [0.1, 0.15) is 17.3 Å². The minimum absolute atomic E-state index is 0.193. The van der Waals surface area contributed by atoms with E-state index in [0.717, 1.165) is 6.26 Å². The monoisotopic (exact) mass is 412 g/mol. The average molecular weight is 412 g/mol. The molecule has 0 bridgehead atoms. The first kappa shape index (κ1) is 18.8. The average Bonchev–Trinajstić information content (AvgIpc) is 3.10. The Kier molecular flexibility index (Phi) is 4.63. The second kappa shape index (κ2) is 7.13. The Hall–Kier alpha value is -3.53. The molecule has 2 heterocycles. The van der Waals surface area contributed by atoms with Gasteiger partial charge >= 0.3 is 0 Å². The van der Waals surface area contributed by atoms with Crippen LogP contribution in [0.5, 0.6) is 0 Å². The molecule has 10 heteroatoms. The van der Waals surface area contributed by atoms with E-state index in [1.54, 1.807) is 31.4 Å². The van der Waals surface area contributed by atoms with Crippen molar-refractivity contribution >= 4 is 38.2 Å². The number of nitrogens with one attached hydrogen (secondary N) is 3. The maximum atomic E-state index is 13.7. The number of aromatic nitrogens is 4. The first-order valence-corrected chi connectivity index (χ1v) is 10.5. The molecule has 2 aromatic carbocycles. The van der Waals surface area contributed by atoms with Crippen LogP contribution < -0.4 is 10.6 Å². The van der Waals surface area contributed by atoms with Crippen LogP contribution in [0.15, 0.2) is 53.6 Å². The van der Waals surface area contributed by atoms with Gasteiger partial charge in [-0.05, 0) is 36.4 Å². The predicted octanol–water partition coefficient (Wildman–Crippen LogP) is 3.35. The summed E-state index contributed by atoms with van der Waals surface area (Å²) >= 11 is 0. The molecule has 0 saturated heterocycles. The molecule has 0 amide bonds. The first-order valence-electron chi connectivity index (χ1n) is 8.61. The Bertz CT molecular complexity index is 1320. The fourth-order valence-corrected chi connectivity index (χ4v) is 3.60. The number of hydrogen-bond donors (Lipinski definition) is 3. The Balaban J connectivity index is 1.71. The maximum Gasteiger partial charge on any atom is 0.229 e. The van der Waals surface area contributed by atoms with Gasteiger partial charge in [-0.3, -0.25) is 5.10 Å². The van der Waals surface area contributed by atoms with Crippen LogP contribution in [-0.2, 0) is 9.84 Å². The van der Waals surface area contributed by atoms with Crippen LogP contribution in [-0.4, -0.2) is 41.9 Å². The highest BCUT2D eigenvalue weighted by Crippen LogP contribution is 2.31. The van der Waals surface area contributed by atoms with Crippen LogP contribution in [0.1, 0.15) is 0 Å². The summed E-state index contributed by atoms with van der Waals surface area (Å²) in [4.78, 5) is 8.93. The lowest BCUT2D eigenvalue weighted by Crippen LogP contribution is -2.04. The molecule has 0 radical (unpaired) electrons. The predicted molar refractivity (Wildman–Crippen MR) is 109 cm³/mol. The van der Waals surface area contributed by atoms with Crippen molar-refractivity contribution in [2.75, 3.05) is 23.9 Å². The SMILES string of the molecule is CNc1nc(Nc2cccc(S(C)(=O)=O)c2)ncc1-c1n[nH]c2ccc(F)cc12. The van der Waals surface area contributed by atoms with Gasteiger partial charge in [0, 0.05) is 30.6 Å². The molecule has 0 saturated carbocycles. The topological polar surface area (TPSA) is 113 Å². The van der Waals surface area contributed by atoms with Gasteiger partial charge < -0.3 is 10.6 Å². The normalized spacial score (nSPS) is 11.6. The molecular formula is C19H17FN6O2S. The number of hydrogen-bond acceptors (Lipinski definition) is 7. The van der Waals surface area contributed by atoms with E-state index in [1.807, 2.05) is 0 Å². The van der Waals surface area contributed by atoms with Crippen LogP contribution in [0.2, 0.25) is 0 Å². The van der Waals surface area contributed by atoms with Crippen molar-refractivity contribution < 1.29 is 12.8 Å². The fraction of sp³-hybridized carbons (Fsp3) is 0.105. The quantitative estimate of drug-likeness (QED) is 0.461. The minimum atomic E-state index is -3.33. The van der Waals surface area contributed by atoms with Crippen LogP contribution in [0.25, 0.3) is 22.2 Å². The molecule has 0 aliphatic heterocycles. The molecule has 29 heavy (non-hydrogen) atoms. The zero-order valence-electron chi connectivity index (χ0n) is 15.6. The summed E-state index contributed by atoms with van der Waals surface area (Å²) in [7, 11) is -1.62. The van der Waals surface area contributed by atoms with Gasteiger partial charge in [-0.2, -0.15) is 10.1 Å². The third-order valence-electron chi connectivity index (χ3n) is 4.32. The fourth-order valence-electron chi connectivity index (χ4n) is 2.93. The van der Waals surface area contributed by atoms with E-state index in [4.69, 9.17) is 0 Å². The van der Waals surface area contributed by atoms with Gasteiger partial charge in [-0.1, -0.05) is 6.07 Å². The molecule has 0 aliphatic carbocycles. The third kappa shape index (κ3) is 3.74. The van der Waals surface area contributed by atoms with E-state index in [0.29, 0.717) is 33.7 Å². The van der Waals surface area contributed by atoms with Crippen molar-refractivity contribution in [3.63, 3.8) is 0 Å². The second-order valence-electron chi connectivity index (χ2n) is 6.39. The Labute approximate surface area is 166 Å². The van der Waals surface area contributed by atoms with Crippen molar-refractivity contribution in [1.82, 2.24) is 20.2 Å². The number of benzene rings is 2. The van der Waals surface area contributed by atoms with E-state index < -0.39 is 9.84 Å². The van der Waals surface area contributed by atoms with Crippen LogP contribution in [0, 0.1) is 5.82 Å². The van der Waals surface area contributed by atoms with Gasteiger partial charge in [-0.25, -0.2) is 17.8 Å². The number of fused-ring (bicyclic) bond motifs is 1. The number of H-pyrrole nitrogens is 1. The Morgan fingerprint density at radius 1 is 1.14 bits per heavy atom. The van der Waals surface area contributed by atoms with Crippen molar-refractivity contribution in [2.45, 2.75) is 4.90 Å². The van der Waals surface area contributed by atoms with Gasteiger partial charge in [-0.15, -0.1) is 0 Å². The van der Waals surface area contributed by atoms with Gasteiger partial charge in [0.15, 0.2) is 9.84 Å². The number of nitrogens with zero attached hydrogens (tertiary/aromatic N) is 3. The lowest BCUT2D eigenvalue weighted by molar-refractivity contribution is 0.602. The highest BCUT2D eigenvalue weighted by molar-refractivity contribution is 7.90. The smallest absolute Gasteiger partial charge is 0.229 e. The molecule has 8 nitrogen and oxygen atoms in total. The van der Waals surface area contributed by atoms with Crippen LogP contribution in [0.3, 0.4) is 0 Å². The van der Waals surface area contributed by atoms with Crippen molar-refractivity contribution in [3.8, 4) is 11.3 Å². The Morgan fingerprint density at radius 2 is 1.97 bits per heavy atom. The molecule has 2 aromatic heterocycles. The maximum absolute atomic E-state index is 13.7. The molecule has 4 aromatic rings. The van der Waals surface area contributed by atoms with Gasteiger partial charge in [0.05, 0.1) is 16.0 Å². The van der Waals surface area contributed by atoms with Crippen molar-refractivity contribution in [2.24, 2.45) is 0 Å². The van der Waals surface area contributed by atoms with Crippen molar-refractivity contribution in [1.29, 1.82) is 0 Å². The number of rotatable bonds is 5. The summed E-state index contributed by atoms with van der Waals surface area (Å²) in [5.74, 6) is 0.394. The van der Waals surface area contributed by atoms with E-state index in [-0.39, 0.29) is 16.7 Å².